The molecule has 0 aliphatic carbocycles. The SMILES string of the molecule is CC(C)(C)CCC(=O)OCCCOC(=O)CCN(C1CSSC1)C(C)(C)C. The molecular weight excluding hydrogens is 382 g/mol. The highest BCUT2D eigenvalue weighted by molar-refractivity contribution is 8.77. The van der Waals surface area contributed by atoms with Crippen LogP contribution in [-0.4, -0.2) is 59.7 Å². The quantitative estimate of drug-likeness (QED) is 0.293. The fourth-order valence-electron chi connectivity index (χ4n) is 2.81. The maximum atomic E-state index is 12.0. The van der Waals surface area contributed by atoms with Gasteiger partial charge >= 0.3 is 11.9 Å². The first-order valence-corrected chi connectivity index (χ1v) is 12.3. The lowest BCUT2D eigenvalue weighted by atomic mass is 9.91. The average Bonchev–Trinajstić information content (AvgIpc) is 3.04. The van der Waals surface area contributed by atoms with Crippen molar-refractivity contribution in [3.05, 3.63) is 0 Å². The summed E-state index contributed by atoms with van der Waals surface area (Å²) in [6, 6.07) is 0.514. The average molecular weight is 420 g/mol. The van der Waals surface area contributed by atoms with E-state index < -0.39 is 0 Å². The zero-order valence-corrected chi connectivity index (χ0v) is 19.5. The van der Waals surface area contributed by atoms with Crippen molar-refractivity contribution in [2.75, 3.05) is 31.3 Å². The molecular formula is C20H37NO4S2. The summed E-state index contributed by atoms with van der Waals surface area (Å²) < 4.78 is 10.5. The van der Waals surface area contributed by atoms with Gasteiger partial charge in [-0.1, -0.05) is 42.4 Å². The van der Waals surface area contributed by atoms with Crippen LogP contribution in [-0.2, 0) is 19.1 Å². The van der Waals surface area contributed by atoms with E-state index in [1.165, 1.54) is 0 Å². The van der Waals surface area contributed by atoms with E-state index >= 15 is 0 Å². The standard InChI is InChI=1S/C20H37NO4S2/c1-19(2,3)10-8-17(22)24-12-7-13-25-18(23)9-11-21(20(4,5)6)16-14-26-27-15-16/h16H,7-15H2,1-6H3. The molecule has 1 saturated heterocycles. The highest BCUT2D eigenvalue weighted by atomic mass is 33.1. The van der Waals surface area contributed by atoms with E-state index in [0.717, 1.165) is 24.5 Å². The second-order valence-corrected chi connectivity index (χ2v) is 11.7. The van der Waals surface area contributed by atoms with Crippen LogP contribution in [0.25, 0.3) is 0 Å². The number of rotatable bonds is 10. The van der Waals surface area contributed by atoms with Gasteiger partial charge in [0.2, 0.25) is 0 Å². The zero-order chi connectivity index (χ0) is 20.5. The second kappa shape index (κ2) is 11.6. The van der Waals surface area contributed by atoms with Crippen LogP contribution >= 0.6 is 21.6 Å². The third-order valence-electron chi connectivity index (χ3n) is 4.36. The summed E-state index contributed by atoms with van der Waals surface area (Å²) in [5.41, 5.74) is 0.170. The van der Waals surface area contributed by atoms with Gasteiger partial charge in [-0.3, -0.25) is 14.5 Å². The molecule has 0 amide bonds. The smallest absolute Gasteiger partial charge is 0.307 e. The maximum Gasteiger partial charge on any atom is 0.307 e. The van der Waals surface area contributed by atoms with Crippen LogP contribution in [0.15, 0.2) is 0 Å². The lowest BCUT2D eigenvalue weighted by Crippen LogP contribution is -2.50. The third kappa shape index (κ3) is 11.3. The van der Waals surface area contributed by atoms with Crippen molar-refractivity contribution in [1.29, 1.82) is 0 Å². The minimum Gasteiger partial charge on any atom is -0.466 e. The van der Waals surface area contributed by atoms with Crippen molar-refractivity contribution in [3.8, 4) is 0 Å². The monoisotopic (exact) mass is 419 g/mol. The Kier molecular flexibility index (Phi) is 10.6. The van der Waals surface area contributed by atoms with Gasteiger partial charge in [0.1, 0.15) is 0 Å². The van der Waals surface area contributed by atoms with Gasteiger partial charge in [-0.05, 0) is 32.6 Å². The lowest BCUT2D eigenvalue weighted by molar-refractivity contribution is -0.146. The topological polar surface area (TPSA) is 55.8 Å². The fraction of sp³-hybridized carbons (Fsp3) is 0.900. The first-order valence-electron chi connectivity index (χ1n) is 9.81. The summed E-state index contributed by atoms with van der Waals surface area (Å²) in [5.74, 6) is 1.86. The number of carbonyl (C=O) groups is 2. The van der Waals surface area contributed by atoms with Crippen LogP contribution in [0.5, 0.6) is 0 Å². The van der Waals surface area contributed by atoms with E-state index in [4.69, 9.17) is 9.47 Å². The van der Waals surface area contributed by atoms with Crippen molar-refractivity contribution in [1.82, 2.24) is 4.90 Å². The van der Waals surface area contributed by atoms with Crippen molar-refractivity contribution in [3.63, 3.8) is 0 Å². The van der Waals surface area contributed by atoms with Crippen LogP contribution in [0.4, 0.5) is 0 Å². The number of carbonyl (C=O) groups excluding carboxylic acids is 2. The molecule has 1 fully saturated rings. The highest BCUT2D eigenvalue weighted by Crippen LogP contribution is 2.35. The molecule has 5 nitrogen and oxygen atoms in total. The van der Waals surface area contributed by atoms with E-state index in [1.807, 2.05) is 21.6 Å². The molecule has 7 heteroatoms. The minimum absolute atomic E-state index is 0.0393. The summed E-state index contributed by atoms with van der Waals surface area (Å²) in [6.07, 6.45) is 2.19. The number of ether oxygens (including phenoxy) is 2. The Hall–Kier alpha value is -0.400. The third-order valence-corrected chi connectivity index (χ3v) is 6.88. The molecule has 158 valence electrons. The zero-order valence-electron chi connectivity index (χ0n) is 17.8. The fourth-order valence-corrected chi connectivity index (χ4v) is 5.58. The van der Waals surface area contributed by atoms with Crippen molar-refractivity contribution in [2.24, 2.45) is 5.41 Å². The molecule has 0 aromatic carbocycles. The normalized spacial score (nSPS) is 16.0. The Morgan fingerprint density at radius 3 is 1.93 bits per heavy atom. The largest absolute Gasteiger partial charge is 0.466 e. The Morgan fingerprint density at radius 1 is 0.926 bits per heavy atom. The van der Waals surface area contributed by atoms with Crippen LogP contribution in [0.3, 0.4) is 0 Å². The molecule has 1 aliphatic rings. The highest BCUT2D eigenvalue weighted by Gasteiger charge is 2.31. The molecule has 0 unspecified atom stereocenters. The first-order chi connectivity index (χ1) is 12.5. The molecule has 27 heavy (non-hydrogen) atoms. The molecule has 1 aliphatic heterocycles. The van der Waals surface area contributed by atoms with Gasteiger partial charge in [0.05, 0.1) is 19.6 Å². The molecule has 0 atom stereocenters. The summed E-state index contributed by atoms with van der Waals surface area (Å²) in [7, 11) is 3.81. The number of esters is 2. The molecule has 0 radical (unpaired) electrons. The van der Waals surface area contributed by atoms with Crippen molar-refractivity contribution >= 4 is 33.5 Å². The van der Waals surface area contributed by atoms with Crippen LogP contribution in [0, 0.1) is 5.41 Å². The summed E-state index contributed by atoms with van der Waals surface area (Å²) >= 11 is 0. The van der Waals surface area contributed by atoms with Gasteiger partial charge in [0, 0.05) is 42.5 Å². The predicted octanol–water partition coefficient (Wildman–Crippen LogP) is 4.54. The molecule has 0 saturated carbocycles. The molecule has 0 bridgehead atoms. The first kappa shape index (κ1) is 24.6. The summed E-state index contributed by atoms with van der Waals surface area (Å²) in [4.78, 5) is 26.1. The Bertz CT molecular complexity index is 466. The minimum atomic E-state index is -0.179. The van der Waals surface area contributed by atoms with E-state index in [0.29, 0.717) is 38.5 Å². The van der Waals surface area contributed by atoms with Gasteiger partial charge in [0.15, 0.2) is 0 Å². The maximum absolute atomic E-state index is 12.0. The van der Waals surface area contributed by atoms with Gasteiger partial charge in [-0.2, -0.15) is 0 Å². The van der Waals surface area contributed by atoms with Crippen molar-refractivity contribution < 1.29 is 19.1 Å². The van der Waals surface area contributed by atoms with Crippen LogP contribution in [0.1, 0.15) is 67.2 Å². The van der Waals surface area contributed by atoms with Crippen LogP contribution in [0.2, 0.25) is 0 Å². The molecule has 0 aromatic rings. The van der Waals surface area contributed by atoms with E-state index in [1.54, 1.807) is 0 Å². The van der Waals surface area contributed by atoms with Gasteiger partial charge < -0.3 is 9.47 Å². The summed E-state index contributed by atoms with van der Waals surface area (Å²) in [5, 5.41) is 0. The lowest BCUT2D eigenvalue weighted by Gasteiger charge is -2.39. The van der Waals surface area contributed by atoms with Gasteiger partial charge in [0.25, 0.3) is 0 Å². The molecule has 0 aromatic heterocycles. The molecule has 1 rings (SSSR count). The molecule has 0 N–H and O–H groups in total. The van der Waals surface area contributed by atoms with Crippen molar-refractivity contribution in [2.45, 2.75) is 78.8 Å². The Labute approximate surface area is 173 Å². The van der Waals surface area contributed by atoms with E-state index in [2.05, 4.69) is 46.4 Å². The Morgan fingerprint density at radius 2 is 1.44 bits per heavy atom. The number of hydrogen-bond acceptors (Lipinski definition) is 7. The number of hydrogen-bond donors (Lipinski definition) is 0. The predicted molar refractivity (Wildman–Crippen MR) is 115 cm³/mol. The number of nitrogens with zero attached hydrogens (tertiary/aromatic N) is 1. The molecule has 0 spiro atoms. The Balaban J connectivity index is 2.17. The van der Waals surface area contributed by atoms with Gasteiger partial charge in [-0.15, -0.1) is 0 Å². The summed E-state index contributed by atoms with van der Waals surface area (Å²) in [6.45, 7) is 14.2. The van der Waals surface area contributed by atoms with Gasteiger partial charge in [-0.25, -0.2) is 0 Å². The molecule has 1 heterocycles. The van der Waals surface area contributed by atoms with E-state index in [9.17, 15) is 9.59 Å². The van der Waals surface area contributed by atoms with Crippen LogP contribution < -0.4 is 0 Å². The van der Waals surface area contributed by atoms with E-state index in [-0.39, 0.29) is 22.9 Å². The second-order valence-electron chi connectivity index (χ2n) is 9.19.